The molecule has 0 bridgehead atoms. The van der Waals surface area contributed by atoms with Crippen LogP contribution in [0.4, 0.5) is 5.69 Å². The van der Waals surface area contributed by atoms with Gasteiger partial charge in [0.05, 0.1) is 13.2 Å². The Morgan fingerprint density at radius 2 is 2.24 bits per heavy atom. The molecule has 0 unspecified atom stereocenters. The molecule has 1 aliphatic rings. The lowest BCUT2D eigenvalue weighted by Crippen LogP contribution is -2.52. The van der Waals surface area contributed by atoms with Crippen LogP contribution in [0.15, 0.2) is 18.2 Å². The van der Waals surface area contributed by atoms with Crippen molar-refractivity contribution in [2.24, 2.45) is 0 Å². The summed E-state index contributed by atoms with van der Waals surface area (Å²) in [6, 6.07) is 5.64. The van der Waals surface area contributed by atoms with Crippen molar-refractivity contribution in [3.63, 3.8) is 0 Å². The predicted octanol–water partition coefficient (Wildman–Crippen LogP) is 2.53. The third-order valence-electron chi connectivity index (χ3n) is 3.28. The van der Waals surface area contributed by atoms with Crippen molar-refractivity contribution >= 4 is 17.3 Å². The zero-order chi connectivity index (χ0) is 12.5. The molecule has 1 heterocycles. The Morgan fingerprint density at radius 1 is 1.47 bits per heavy atom. The molecule has 0 atom stereocenters. The number of ether oxygens (including phenoxy) is 1. The predicted molar refractivity (Wildman–Crippen MR) is 71.2 cm³/mol. The molecule has 1 aromatic rings. The van der Waals surface area contributed by atoms with Gasteiger partial charge in [0.1, 0.15) is 0 Å². The Hall–Kier alpha value is -0.770. The van der Waals surface area contributed by atoms with Gasteiger partial charge in [-0.1, -0.05) is 11.6 Å². The van der Waals surface area contributed by atoms with Gasteiger partial charge in [-0.15, -0.1) is 0 Å². The number of morpholine rings is 1. The van der Waals surface area contributed by atoms with Crippen molar-refractivity contribution in [1.29, 1.82) is 0 Å². The van der Waals surface area contributed by atoms with Gasteiger partial charge in [0.25, 0.3) is 0 Å². The Bertz CT molecular complexity index is 406. The van der Waals surface area contributed by atoms with Crippen LogP contribution in [0.2, 0.25) is 5.02 Å². The minimum Gasteiger partial charge on any atom is -0.398 e. The van der Waals surface area contributed by atoms with Gasteiger partial charge in [-0.25, -0.2) is 0 Å². The summed E-state index contributed by atoms with van der Waals surface area (Å²) in [6.45, 7) is 7.67. The number of benzene rings is 1. The van der Waals surface area contributed by atoms with Gasteiger partial charge in [0, 0.05) is 29.3 Å². The number of hydrogen-bond donors (Lipinski definition) is 1. The topological polar surface area (TPSA) is 38.5 Å². The third-order valence-corrected chi connectivity index (χ3v) is 3.52. The molecule has 3 nitrogen and oxygen atoms in total. The fourth-order valence-corrected chi connectivity index (χ4v) is 2.30. The van der Waals surface area contributed by atoms with Crippen LogP contribution in [0.25, 0.3) is 0 Å². The van der Waals surface area contributed by atoms with E-state index in [1.54, 1.807) is 0 Å². The second-order valence-electron chi connectivity index (χ2n) is 5.13. The Morgan fingerprint density at radius 3 is 2.94 bits per heavy atom. The molecule has 0 spiro atoms. The molecule has 0 aliphatic carbocycles. The molecule has 2 rings (SSSR count). The summed E-state index contributed by atoms with van der Waals surface area (Å²) in [5, 5.41) is 0.736. The van der Waals surface area contributed by atoms with Gasteiger partial charge in [0.2, 0.25) is 0 Å². The Balaban J connectivity index is 2.16. The summed E-state index contributed by atoms with van der Waals surface area (Å²) >= 11 is 6.01. The summed E-state index contributed by atoms with van der Waals surface area (Å²) in [5.41, 5.74) is 7.92. The van der Waals surface area contributed by atoms with Crippen molar-refractivity contribution in [3.05, 3.63) is 28.8 Å². The van der Waals surface area contributed by atoms with Crippen LogP contribution < -0.4 is 5.73 Å². The first kappa shape index (κ1) is 12.7. The molecule has 1 aliphatic heterocycles. The van der Waals surface area contributed by atoms with E-state index in [0.717, 1.165) is 42.6 Å². The first-order chi connectivity index (χ1) is 7.99. The lowest BCUT2D eigenvalue weighted by molar-refractivity contribution is -0.0551. The average Bonchev–Trinajstić information content (AvgIpc) is 2.26. The number of hydrogen-bond acceptors (Lipinski definition) is 3. The monoisotopic (exact) mass is 254 g/mol. The van der Waals surface area contributed by atoms with Crippen LogP contribution in [0.3, 0.4) is 0 Å². The normalized spacial score (nSPS) is 20.4. The van der Waals surface area contributed by atoms with Gasteiger partial charge in [-0.2, -0.15) is 0 Å². The number of nitrogens with zero attached hydrogens (tertiary/aromatic N) is 1. The molecule has 94 valence electrons. The van der Waals surface area contributed by atoms with Gasteiger partial charge >= 0.3 is 0 Å². The second kappa shape index (κ2) is 4.84. The van der Waals surface area contributed by atoms with Crippen molar-refractivity contribution in [2.75, 3.05) is 25.5 Å². The van der Waals surface area contributed by atoms with E-state index in [1.807, 2.05) is 18.2 Å². The summed E-state index contributed by atoms with van der Waals surface area (Å²) < 4.78 is 5.51. The number of nitrogen functional groups attached to an aromatic ring is 1. The molecular weight excluding hydrogens is 236 g/mol. The van der Waals surface area contributed by atoms with Crippen LogP contribution in [0, 0.1) is 0 Å². The SMILES string of the molecule is CC1(C)COCCN1Cc1cc(Cl)ccc1N. The summed E-state index contributed by atoms with van der Waals surface area (Å²) in [5.74, 6) is 0. The average molecular weight is 255 g/mol. The largest absolute Gasteiger partial charge is 0.398 e. The molecule has 0 saturated carbocycles. The molecule has 1 fully saturated rings. The number of rotatable bonds is 2. The Kier molecular flexibility index (Phi) is 3.61. The zero-order valence-electron chi connectivity index (χ0n) is 10.4. The lowest BCUT2D eigenvalue weighted by Gasteiger charge is -2.42. The van der Waals surface area contributed by atoms with E-state index >= 15 is 0 Å². The first-order valence-corrected chi connectivity index (χ1v) is 6.23. The maximum atomic E-state index is 6.01. The van der Waals surface area contributed by atoms with E-state index in [-0.39, 0.29) is 5.54 Å². The highest BCUT2D eigenvalue weighted by Crippen LogP contribution is 2.25. The third kappa shape index (κ3) is 2.92. The van der Waals surface area contributed by atoms with E-state index < -0.39 is 0 Å². The van der Waals surface area contributed by atoms with E-state index in [1.165, 1.54) is 0 Å². The van der Waals surface area contributed by atoms with Crippen LogP contribution in [0.1, 0.15) is 19.4 Å². The number of nitrogens with two attached hydrogens (primary N) is 1. The van der Waals surface area contributed by atoms with Gasteiger partial charge in [-0.3, -0.25) is 4.90 Å². The zero-order valence-corrected chi connectivity index (χ0v) is 11.1. The van der Waals surface area contributed by atoms with E-state index in [9.17, 15) is 0 Å². The molecule has 1 saturated heterocycles. The fourth-order valence-electron chi connectivity index (χ4n) is 2.10. The van der Waals surface area contributed by atoms with E-state index in [2.05, 4.69) is 18.7 Å². The highest BCUT2D eigenvalue weighted by Gasteiger charge is 2.30. The quantitative estimate of drug-likeness (QED) is 0.825. The molecule has 0 radical (unpaired) electrons. The highest BCUT2D eigenvalue weighted by molar-refractivity contribution is 6.30. The van der Waals surface area contributed by atoms with Crippen LogP contribution in [0.5, 0.6) is 0 Å². The summed E-state index contributed by atoms with van der Waals surface area (Å²) in [7, 11) is 0. The van der Waals surface area contributed by atoms with Gasteiger partial charge in [-0.05, 0) is 37.6 Å². The van der Waals surface area contributed by atoms with Crippen molar-refractivity contribution in [2.45, 2.75) is 25.9 Å². The molecule has 0 aromatic heterocycles. The van der Waals surface area contributed by atoms with Gasteiger partial charge < -0.3 is 10.5 Å². The van der Waals surface area contributed by atoms with Crippen molar-refractivity contribution < 1.29 is 4.74 Å². The van der Waals surface area contributed by atoms with Crippen molar-refractivity contribution in [1.82, 2.24) is 4.90 Å². The maximum absolute atomic E-state index is 6.01. The minimum absolute atomic E-state index is 0.0486. The molecular formula is C13H19ClN2O. The number of halogens is 1. The second-order valence-corrected chi connectivity index (χ2v) is 5.57. The molecule has 2 N–H and O–H groups in total. The maximum Gasteiger partial charge on any atom is 0.0645 e. The van der Waals surface area contributed by atoms with Gasteiger partial charge in [0.15, 0.2) is 0 Å². The molecule has 17 heavy (non-hydrogen) atoms. The molecule has 1 aromatic carbocycles. The lowest BCUT2D eigenvalue weighted by atomic mass is 10.0. The summed E-state index contributed by atoms with van der Waals surface area (Å²) in [6.07, 6.45) is 0. The molecule has 4 heteroatoms. The summed E-state index contributed by atoms with van der Waals surface area (Å²) in [4.78, 5) is 2.39. The minimum atomic E-state index is 0.0486. The van der Waals surface area contributed by atoms with Crippen LogP contribution in [-0.2, 0) is 11.3 Å². The smallest absolute Gasteiger partial charge is 0.0645 e. The fraction of sp³-hybridized carbons (Fsp3) is 0.538. The van der Waals surface area contributed by atoms with Crippen LogP contribution >= 0.6 is 11.6 Å². The highest BCUT2D eigenvalue weighted by atomic mass is 35.5. The van der Waals surface area contributed by atoms with E-state index in [0.29, 0.717) is 0 Å². The number of anilines is 1. The van der Waals surface area contributed by atoms with Crippen LogP contribution in [-0.4, -0.2) is 30.2 Å². The van der Waals surface area contributed by atoms with Crippen molar-refractivity contribution in [3.8, 4) is 0 Å². The standard InChI is InChI=1S/C13H19ClN2O/c1-13(2)9-17-6-5-16(13)8-10-7-11(14)3-4-12(10)15/h3-4,7H,5-6,8-9,15H2,1-2H3. The first-order valence-electron chi connectivity index (χ1n) is 5.86. The van der Waals surface area contributed by atoms with E-state index in [4.69, 9.17) is 22.1 Å². The Labute approximate surface area is 107 Å². The molecule has 0 amide bonds.